The van der Waals surface area contributed by atoms with E-state index >= 15 is 0 Å². The number of ether oxygens (including phenoxy) is 1. The van der Waals surface area contributed by atoms with Gasteiger partial charge in [-0.1, -0.05) is 26.8 Å². The zero-order valence-corrected chi connectivity index (χ0v) is 25.1. The van der Waals surface area contributed by atoms with Crippen LogP contribution < -0.4 is 5.73 Å². The van der Waals surface area contributed by atoms with Gasteiger partial charge < -0.3 is 30.2 Å². The average Bonchev–Trinajstić information content (AvgIpc) is 3.60. The highest BCUT2D eigenvalue weighted by Gasteiger charge is 2.47. The predicted molar refractivity (Wildman–Crippen MR) is 160 cm³/mol. The molecule has 4 atom stereocenters. The number of rotatable bonds is 9. The van der Waals surface area contributed by atoms with Gasteiger partial charge in [-0.05, 0) is 60.8 Å². The number of imidazole rings is 1. The van der Waals surface area contributed by atoms with Crippen LogP contribution in [0.5, 0.6) is 0 Å². The summed E-state index contributed by atoms with van der Waals surface area (Å²) in [6, 6.07) is 7.70. The van der Waals surface area contributed by atoms with Crippen LogP contribution >= 0.6 is 0 Å². The Morgan fingerprint density at radius 3 is 2.61 bits per heavy atom. The third kappa shape index (κ3) is 6.28. The molecule has 1 saturated carbocycles. The summed E-state index contributed by atoms with van der Waals surface area (Å²) in [6.45, 7) is 5.25. The highest BCUT2D eigenvalue weighted by Crippen LogP contribution is 2.39. The summed E-state index contributed by atoms with van der Waals surface area (Å²) in [5.74, 6) is 1.49. The Morgan fingerprint density at radius 1 is 1.11 bits per heavy atom. The minimum absolute atomic E-state index is 0.0411. The normalized spacial score (nSPS) is 26.2. The summed E-state index contributed by atoms with van der Waals surface area (Å²) in [7, 11) is 0. The number of hydrogen-bond acceptors (Lipinski definition) is 8. The monoisotopic (exact) mass is 615 g/mol. The van der Waals surface area contributed by atoms with Crippen LogP contribution in [-0.4, -0.2) is 83.2 Å². The van der Waals surface area contributed by atoms with Gasteiger partial charge in [0.15, 0.2) is 6.23 Å². The van der Waals surface area contributed by atoms with Gasteiger partial charge in [-0.25, -0.2) is 15.0 Å². The standard InChI is InChI=1S/C31H40F3N7O3/c1-30(2,3)18-7-8-21-22(13-18)39-24(38-21)6-4-5-17-11-19(12-17)40(15-31(32,33)34)14-23-25(42)26(43)29(44-23)41-10-9-20-27(35)36-16-37-28(20)41/h7-10,13,16-17,19,23,25-26,29,42-43H,4-6,11-12,14-15H2,1-3H3,(H,38,39)(H2,35,36,37)/t17-,19-,23-,25-,26-,29-/m1/s1. The number of nitrogens with zero attached hydrogens (tertiary/aromatic N) is 5. The van der Waals surface area contributed by atoms with E-state index in [1.165, 1.54) is 21.4 Å². The van der Waals surface area contributed by atoms with Crippen LogP contribution in [0.25, 0.3) is 22.1 Å². The molecular formula is C31H40F3N7O3. The fraction of sp³-hybridized carbons (Fsp3) is 0.581. The molecule has 0 bridgehead atoms. The molecule has 1 saturated heterocycles. The Bertz CT molecular complexity index is 1610. The largest absolute Gasteiger partial charge is 0.401 e. The molecule has 6 rings (SSSR count). The molecule has 3 aromatic heterocycles. The van der Waals surface area contributed by atoms with Crippen LogP contribution in [0, 0.1) is 5.92 Å². The first-order valence-corrected chi connectivity index (χ1v) is 15.2. The van der Waals surface area contributed by atoms with Gasteiger partial charge in [0.2, 0.25) is 0 Å². The second kappa shape index (κ2) is 11.6. The number of nitrogens with two attached hydrogens (primary N) is 1. The van der Waals surface area contributed by atoms with Gasteiger partial charge in [0.05, 0.1) is 23.0 Å². The second-order valence-corrected chi connectivity index (χ2v) is 13.4. The minimum Gasteiger partial charge on any atom is -0.387 e. The van der Waals surface area contributed by atoms with E-state index < -0.39 is 37.3 Å². The lowest BCUT2D eigenvalue weighted by molar-refractivity contribution is -0.164. The van der Waals surface area contributed by atoms with Crippen molar-refractivity contribution in [3.8, 4) is 0 Å². The highest BCUT2D eigenvalue weighted by atomic mass is 19.4. The molecule has 238 valence electrons. The molecule has 0 spiro atoms. The number of fused-ring (bicyclic) bond motifs is 2. The second-order valence-electron chi connectivity index (χ2n) is 13.4. The Balaban J connectivity index is 1.05. The van der Waals surface area contributed by atoms with Crippen LogP contribution in [-0.2, 0) is 16.6 Å². The lowest BCUT2D eigenvalue weighted by Crippen LogP contribution is -2.52. The molecule has 5 N–H and O–H groups in total. The molecule has 2 fully saturated rings. The molecule has 1 aromatic carbocycles. The van der Waals surface area contributed by atoms with Crippen LogP contribution in [0.2, 0.25) is 0 Å². The van der Waals surface area contributed by atoms with E-state index in [1.54, 1.807) is 12.3 Å². The number of aliphatic hydroxyl groups is 2. The number of nitrogen functional groups attached to an aromatic ring is 1. The summed E-state index contributed by atoms with van der Waals surface area (Å²) >= 11 is 0. The Labute approximate surface area is 253 Å². The maximum atomic E-state index is 13.6. The first kappa shape index (κ1) is 30.8. The fourth-order valence-corrected chi connectivity index (χ4v) is 6.55. The van der Waals surface area contributed by atoms with Gasteiger partial charge in [0.25, 0.3) is 0 Å². The maximum absolute atomic E-state index is 13.6. The van der Waals surface area contributed by atoms with Crippen molar-refractivity contribution >= 4 is 27.9 Å². The van der Waals surface area contributed by atoms with Gasteiger partial charge in [-0.15, -0.1) is 0 Å². The molecule has 13 heteroatoms. The number of hydrogen-bond donors (Lipinski definition) is 4. The molecule has 2 aliphatic rings. The van der Waals surface area contributed by atoms with Crippen LogP contribution in [0.1, 0.15) is 64.1 Å². The topological polar surface area (TPSA) is 138 Å². The maximum Gasteiger partial charge on any atom is 0.401 e. The summed E-state index contributed by atoms with van der Waals surface area (Å²) in [5.41, 5.74) is 9.53. The lowest BCUT2D eigenvalue weighted by atomic mass is 9.76. The summed E-state index contributed by atoms with van der Waals surface area (Å²) < 4.78 is 48.4. The van der Waals surface area contributed by atoms with E-state index in [9.17, 15) is 23.4 Å². The first-order chi connectivity index (χ1) is 20.8. The van der Waals surface area contributed by atoms with Crippen molar-refractivity contribution in [3.05, 3.63) is 48.2 Å². The van der Waals surface area contributed by atoms with Crippen molar-refractivity contribution in [2.45, 2.75) is 95.0 Å². The Morgan fingerprint density at radius 2 is 1.89 bits per heavy atom. The number of alkyl halides is 3. The summed E-state index contributed by atoms with van der Waals surface area (Å²) in [6.07, 6.45) is -2.45. The van der Waals surface area contributed by atoms with Crippen LogP contribution in [0.4, 0.5) is 19.0 Å². The zero-order chi connectivity index (χ0) is 31.4. The highest BCUT2D eigenvalue weighted by molar-refractivity contribution is 5.86. The number of aromatic nitrogens is 5. The summed E-state index contributed by atoms with van der Waals surface area (Å²) in [5, 5.41) is 22.1. The van der Waals surface area contributed by atoms with Crippen LogP contribution in [0.3, 0.4) is 0 Å². The van der Waals surface area contributed by atoms with Gasteiger partial charge in [-0.3, -0.25) is 4.90 Å². The number of aromatic amines is 1. The third-order valence-corrected chi connectivity index (χ3v) is 9.10. The number of halogens is 3. The number of H-pyrrole nitrogens is 1. The van der Waals surface area contributed by atoms with Gasteiger partial charge >= 0.3 is 6.18 Å². The Hall–Kier alpha value is -3.26. The number of nitrogens with one attached hydrogen (secondary N) is 1. The van der Waals surface area contributed by atoms with Crippen molar-refractivity contribution in [3.63, 3.8) is 0 Å². The van der Waals surface area contributed by atoms with Gasteiger partial charge in [0.1, 0.15) is 41.9 Å². The number of anilines is 1. The van der Waals surface area contributed by atoms with Crippen molar-refractivity contribution < 1.29 is 28.1 Å². The molecule has 4 aromatic rings. The van der Waals surface area contributed by atoms with Gasteiger partial charge in [0, 0.05) is 25.2 Å². The molecule has 44 heavy (non-hydrogen) atoms. The van der Waals surface area contributed by atoms with E-state index in [4.69, 9.17) is 15.5 Å². The average molecular weight is 616 g/mol. The van der Waals surface area contributed by atoms with E-state index in [1.807, 2.05) is 0 Å². The molecule has 0 amide bonds. The lowest BCUT2D eigenvalue weighted by Gasteiger charge is -2.44. The minimum atomic E-state index is -4.41. The van der Waals surface area contributed by atoms with Crippen molar-refractivity contribution in [2.75, 3.05) is 18.8 Å². The van der Waals surface area contributed by atoms with E-state index in [-0.39, 0.29) is 23.8 Å². The third-order valence-electron chi connectivity index (χ3n) is 9.10. The molecule has 4 heterocycles. The van der Waals surface area contributed by atoms with Crippen molar-refractivity contribution in [1.82, 2.24) is 29.4 Å². The smallest absolute Gasteiger partial charge is 0.387 e. The SMILES string of the molecule is CC(C)(C)c1ccc2[nH]c(CCC[C@H]3C[C@H](N(C[C@H]4O[C@@H](n5ccc6c(N)ncnc65)[C@H](O)[C@@H]4O)CC(F)(F)F)C3)nc2c1. The summed E-state index contributed by atoms with van der Waals surface area (Å²) in [4.78, 5) is 17.7. The van der Waals surface area contributed by atoms with E-state index in [0.717, 1.165) is 36.1 Å². The first-order valence-electron chi connectivity index (χ1n) is 15.2. The van der Waals surface area contributed by atoms with Crippen LogP contribution in [0.15, 0.2) is 36.8 Å². The van der Waals surface area contributed by atoms with Crippen molar-refractivity contribution in [1.29, 1.82) is 0 Å². The molecule has 1 aliphatic heterocycles. The molecule has 0 unspecified atom stereocenters. The van der Waals surface area contributed by atoms with Crippen molar-refractivity contribution in [2.24, 2.45) is 5.92 Å². The quantitative estimate of drug-likeness (QED) is 0.216. The predicted octanol–water partition coefficient (Wildman–Crippen LogP) is 4.47. The zero-order valence-electron chi connectivity index (χ0n) is 25.1. The molecular weight excluding hydrogens is 575 g/mol. The molecule has 1 aliphatic carbocycles. The fourth-order valence-electron chi connectivity index (χ4n) is 6.55. The molecule has 0 radical (unpaired) electrons. The molecule has 10 nitrogen and oxygen atoms in total. The van der Waals surface area contributed by atoms with E-state index in [0.29, 0.717) is 29.8 Å². The number of aryl methyl sites for hydroxylation is 1. The van der Waals surface area contributed by atoms with E-state index in [2.05, 4.69) is 53.9 Å². The number of benzene rings is 1. The van der Waals surface area contributed by atoms with Gasteiger partial charge in [-0.2, -0.15) is 13.2 Å². The number of aliphatic hydroxyl groups excluding tert-OH is 2. The Kier molecular flexibility index (Phi) is 8.10.